The van der Waals surface area contributed by atoms with Crippen LogP contribution in [0.2, 0.25) is 0 Å². The Balaban J connectivity index is 1.61. The van der Waals surface area contributed by atoms with E-state index in [1.54, 1.807) is 0 Å². The molecule has 0 heterocycles. The minimum absolute atomic E-state index is 0.0253. The molecular weight excluding hydrogens is 566 g/mol. The van der Waals surface area contributed by atoms with Gasteiger partial charge in [-0.3, -0.25) is 4.79 Å². The second kappa shape index (κ2) is 15.7. The number of urea groups is 1. The molecule has 45 heavy (non-hydrogen) atoms. The van der Waals surface area contributed by atoms with Crippen molar-refractivity contribution in [1.82, 2.24) is 10.2 Å². The lowest BCUT2D eigenvalue weighted by Crippen LogP contribution is -2.61. The van der Waals surface area contributed by atoms with Gasteiger partial charge in [0.1, 0.15) is 5.54 Å². The number of ether oxygens (including phenoxy) is 1. The highest BCUT2D eigenvalue weighted by Gasteiger charge is 2.42. The largest absolute Gasteiger partial charge is 0.479 e. The molecule has 8 heteroatoms. The quantitative estimate of drug-likeness (QED) is 0.160. The highest BCUT2D eigenvalue weighted by atomic mass is 16.5. The summed E-state index contributed by atoms with van der Waals surface area (Å²) < 4.78 is 5.86. The minimum Gasteiger partial charge on any atom is -0.479 e. The molecule has 0 spiro atoms. The molecule has 0 aromatic heterocycles. The lowest BCUT2D eigenvalue weighted by Gasteiger charge is -2.35. The van der Waals surface area contributed by atoms with Gasteiger partial charge in [0.05, 0.1) is 13.2 Å². The molecule has 0 aliphatic carbocycles. The molecule has 0 bridgehead atoms. The van der Waals surface area contributed by atoms with Gasteiger partial charge in [0.2, 0.25) is 5.91 Å². The van der Waals surface area contributed by atoms with Crippen molar-refractivity contribution in [3.8, 4) is 11.1 Å². The monoisotopic (exact) mass is 607 g/mol. The number of carbonyl (C=O) groups excluding carboxylic acids is 2. The number of benzene rings is 4. The van der Waals surface area contributed by atoms with E-state index in [4.69, 9.17) is 10.5 Å². The number of carbonyl (C=O) groups is 3. The fourth-order valence-corrected chi connectivity index (χ4v) is 5.25. The van der Waals surface area contributed by atoms with Gasteiger partial charge in [-0.05, 0) is 33.7 Å². The zero-order chi connectivity index (χ0) is 32.2. The maximum absolute atomic E-state index is 14.0. The fourth-order valence-electron chi connectivity index (χ4n) is 5.25. The van der Waals surface area contributed by atoms with Crippen molar-refractivity contribution < 1.29 is 24.2 Å². The third kappa shape index (κ3) is 9.52. The summed E-state index contributed by atoms with van der Waals surface area (Å²) in [6, 6.07) is 35.6. The molecule has 3 amide bonds. The van der Waals surface area contributed by atoms with Crippen LogP contribution in [0.15, 0.2) is 115 Å². The lowest BCUT2D eigenvalue weighted by atomic mass is 9.84. The summed E-state index contributed by atoms with van der Waals surface area (Å²) in [5, 5.41) is 13.6. The number of nitrogens with two attached hydrogens (primary N) is 1. The average molecular weight is 608 g/mol. The molecule has 2 atom stereocenters. The molecule has 8 nitrogen and oxygen atoms in total. The van der Waals surface area contributed by atoms with E-state index in [1.165, 1.54) is 4.90 Å². The number of carboxylic acids is 1. The number of nitrogens with one attached hydrogen (secondary N) is 1. The van der Waals surface area contributed by atoms with E-state index in [2.05, 4.69) is 5.32 Å². The molecule has 0 aliphatic heterocycles. The summed E-state index contributed by atoms with van der Waals surface area (Å²) in [4.78, 5) is 41.0. The Morgan fingerprint density at radius 1 is 0.733 bits per heavy atom. The Morgan fingerprint density at radius 3 is 1.73 bits per heavy atom. The number of nitrogens with zero attached hydrogens (tertiary/aromatic N) is 1. The number of amides is 3. The molecule has 0 saturated heterocycles. The van der Waals surface area contributed by atoms with Crippen LogP contribution < -0.4 is 11.1 Å². The first-order valence-corrected chi connectivity index (χ1v) is 15.1. The second-order valence-electron chi connectivity index (χ2n) is 11.7. The molecule has 4 aromatic carbocycles. The topological polar surface area (TPSA) is 122 Å². The molecule has 4 rings (SSSR count). The van der Waals surface area contributed by atoms with E-state index >= 15 is 0 Å². The Morgan fingerprint density at radius 2 is 1.22 bits per heavy atom. The molecule has 1 unspecified atom stereocenters. The standard InChI is InChI=1S/C37H41N3O5/c1-27(2)24-40(25-33(34(38)41)45-26-30-14-8-4-9-15-30)36(44)39-37(35(42)43,22-28-12-6-3-7-13-28)23-29-18-20-32(21-19-29)31-16-10-5-11-17-31/h3-21,27,33H,22-26H2,1-2H3,(H2,38,41)(H,39,44)(H,42,43)/t33?,37-/m0/s1. The van der Waals surface area contributed by atoms with Gasteiger partial charge >= 0.3 is 12.0 Å². The number of hydrogen-bond donors (Lipinski definition) is 3. The van der Waals surface area contributed by atoms with E-state index in [1.807, 2.05) is 129 Å². The first-order chi connectivity index (χ1) is 21.6. The first-order valence-electron chi connectivity index (χ1n) is 15.1. The summed E-state index contributed by atoms with van der Waals surface area (Å²) in [7, 11) is 0. The van der Waals surface area contributed by atoms with E-state index in [9.17, 15) is 19.5 Å². The Kier molecular flexibility index (Phi) is 11.5. The summed E-state index contributed by atoms with van der Waals surface area (Å²) >= 11 is 0. The third-order valence-electron chi connectivity index (χ3n) is 7.54. The van der Waals surface area contributed by atoms with Gasteiger partial charge in [0.15, 0.2) is 6.10 Å². The van der Waals surface area contributed by atoms with E-state index in [0.29, 0.717) is 0 Å². The highest BCUT2D eigenvalue weighted by Crippen LogP contribution is 2.25. The predicted molar refractivity (Wildman–Crippen MR) is 175 cm³/mol. The third-order valence-corrected chi connectivity index (χ3v) is 7.54. The lowest BCUT2D eigenvalue weighted by molar-refractivity contribution is -0.144. The maximum atomic E-state index is 14.0. The number of primary amides is 1. The summed E-state index contributed by atoms with van der Waals surface area (Å²) in [5.41, 5.74) is 8.44. The van der Waals surface area contributed by atoms with Gasteiger partial charge < -0.3 is 25.8 Å². The SMILES string of the molecule is CC(C)CN(CC(OCc1ccccc1)C(N)=O)C(=O)N[C@@](Cc1ccccc1)(Cc1ccc(-c2ccccc2)cc1)C(=O)O. The smallest absolute Gasteiger partial charge is 0.330 e. The van der Waals surface area contributed by atoms with E-state index in [-0.39, 0.29) is 38.5 Å². The van der Waals surface area contributed by atoms with Gasteiger partial charge in [0, 0.05) is 19.4 Å². The van der Waals surface area contributed by atoms with Crippen LogP contribution in [-0.4, -0.2) is 52.6 Å². The van der Waals surface area contributed by atoms with Crippen LogP contribution in [0.25, 0.3) is 11.1 Å². The normalized spacial score (nSPS) is 13.0. The average Bonchev–Trinajstić information content (AvgIpc) is 3.03. The van der Waals surface area contributed by atoms with Crippen LogP contribution in [0.5, 0.6) is 0 Å². The maximum Gasteiger partial charge on any atom is 0.330 e. The zero-order valence-electron chi connectivity index (χ0n) is 25.8. The van der Waals surface area contributed by atoms with Crippen molar-refractivity contribution in [3.63, 3.8) is 0 Å². The van der Waals surface area contributed by atoms with Crippen molar-refractivity contribution in [2.24, 2.45) is 11.7 Å². The summed E-state index contributed by atoms with van der Waals surface area (Å²) in [5.74, 6) is -1.85. The van der Waals surface area contributed by atoms with Crippen LogP contribution in [0, 0.1) is 5.92 Å². The van der Waals surface area contributed by atoms with Crippen molar-refractivity contribution >= 4 is 17.9 Å². The van der Waals surface area contributed by atoms with Gasteiger partial charge in [-0.1, -0.05) is 129 Å². The Labute approximate surface area is 264 Å². The van der Waals surface area contributed by atoms with Crippen LogP contribution in [0.4, 0.5) is 4.79 Å². The number of hydrogen-bond acceptors (Lipinski definition) is 4. The van der Waals surface area contributed by atoms with E-state index < -0.39 is 29.6 Å². The van der Waals surface area contributed by atoms with Gasteiger partial charge in [-0.2, -0.15) is 0 Å². The van der Waals surface area contributed by atoms with Gasteiger partial charge in [-0.15, -0.1) is 0 Å². The van der Waals surface area contributed by atoms with Crippen molar-refractivity contribution in [2.45, 2.75) is 44.9 Å². The Hall–Kier alpha value is -4.95. The summed E-state index contributed by atoms with van der Waals surface area (Å²) in [6.45, 7) is 4.15. The number of rotatable bonds is 15. The molecular formula is C37H41N3O5. The predicted octanol–water partition coefficient (Wildman–Crippen LogP) is 5.70. The highest BCUT2D eigenvalue weighted by molar-refractivity contribution is 5.87. The van der Waals surface area contributed by atoms with Crippen LogP contribution in [0.3, 0.4) is 0 Å². The van der Waals surface area contributed by atoms with Crippen molar-refractivity contribution in [2.75, 3.05) is 13.1 Å². The van der Waals surface area contributed by atoms with Crippen molar-refractivity contribution in [3.05, 3.63) is 132 Å². The molecule has 0 radical (unpaired) electrons. The van der Waals surface area contributed by atoms with E-state index in [0.717, 1.165) is 27.8 Å². The number of carboxylic acid groups (broad SMARTS) is 1. The summed E-state index contributed by atoms with van der Waals surface area (Å²) in [6.07, 6.45) is -1.00. The molecule has 4 aromatic rings. The molecule has 0 fully saturated rings. The minimum atomic E-state index is -1.69. The van der Waals surface area contributed by atoms with Gasteiger partial charge in [-0.25, -0.2) is 9.59 Å². The van der Waals surface area contributed by atoms with Crippen LogP contribution in [0.1, 0.15) is 30.5 Å². The van der Waals surface area contributed by atoms with Crippen LogP contribution in [-0.2, 0) is 33.8 Å². The first kappa shape index (κ1) is 33.0. The molecule has 0 aliphatic rings. The fraction of sp³-hybridized carbons (Fsp3) is 0.270. The second-order valence-corrected chi connectivity index (χ2v) is 11.7. The number of aliphatic carboxylic acids is 1. The van der Waals surface area contributed by atoms with Gasteiger partial charge in [0.25, 0.3) is 0 Å². The molecule has 234 valence electrons. The van der Waals surface area contributed by atoms with Crippen molar-refractivity contribution in [1.29, 1.82) is 0 Å². The zero-order valence-corrected chi connectivity index (χ0v) is 25.8. The Bertz CT molecular complexity index is 1530. The molecule has 4 N–H and O–H groups in total. The molecule has 0 saturated carbocycles. The van der Waals surface area contributed by atoms with Crippen LogP contribution >= 0.6 is 0 Å².